The van der Waals surface area contributed by atoms with E-state index in [0.717, 1.165) is 40.8 Å². The van der Waals surface area contributed by atoms with Gasteiger partial charge in [0.1, 0.15) is 5.71 Å². The SMILES string of the molecule is O=C(NC1CCCCC1)ON=C1c2ccccc2-c2ccccc21. The predicted octanol–water partition coefficient (Wildman–Crippen LogP) is 4.48. The molecule has 4 heteroatoms. The van der Waals surface area contributed by atoms with Crippen LogP contribution in [0.4, 0.5) is 4.79 Å². The molecule has 1 amide bonds. The Morgan fingerprint density at radius 1 is 0.875 bits per heavy atom. The molecule has 1 N–H and O–H groups in total. The van der Waals surface area contributed by atoms with Crippen LogP contribution < -0.4 is 5.32 Å². The molecular formula is C20H20N2O2. The average Bonchev–Trinajstić information content (AvgIpc) is 2.95. The zero-order valence-electron chi connectivity index (χ0n) is 13.5. The number of hydrogen-bond donors (Lipinski definition) is 1. The first-order valence-corrected chi connectivity index (χ1v) is 8.57. The van der Waals surface area contributed by atoms with Gasteiger partial charge in [-0.2, -0.15) is 0 Å². The van der Waals surface area contributed by atoms with Crippen LogP contribution in [-0.2, 0) is 4.84 Å². The molecule has 0 aliphatic heterocycles. The van der Waals surface area contributed by atoms with E-state index in [0.29, 0.717) is 0 Å². The first kappa shape index (κ1) is 14.9. The highest BCUT2D eigenvalue weighted by atomic mass is 16.7. The lowest BCUT2D eigenvalue weighted by atomic mass is 9.96. The van der Waals surface area contributed by atoms with Crippen LogP contribution >= 0.6 is 0 Å². The molecule has 0 unspecified atom stereocenters. The Kier molecular flexibility index (Phi) is 4.03. The van der Waals surface area contributed by atoms with Crippen LogP contribution in [0.2, 0.25) is 0 Å². The van der Waals surface area contributed by atoms with Crippen LogP contribution in [0.15, 0.2) is 53.7 Å². The van der Waals surface area contributed by atoms with Gasteiger partial charge in [-0.05, 0) is 24.0 Å². The molecule has 24 heavy (non-hydrogen) atoms. The second-order valence-electron chi connectivity index (χ2n) is 6.39. The average molecular weight is 320 g/mol. The van der Waals surface area contributed by atoms with Crippen LogP contribution in [-0.4, -0.2) is 17.8 Å². The van der Waals surface area contributed by atoms with E-state index in [1.165, 1.54) is 19.3 Å². The van der Waals surface area contributed by atoms with E-state index in [-0.39, 0.29) is 6.04 Å². The summed E-state index contributed by atoms with van der Waals surface area (Å²) in [5.74, 6) is 0. The Morgan fingerprint density at radius 2 is 1.42 bits per heavy atom. The molecule has 2 aromatic rings. The molecule has 122 valence electrons. The first-order chi connectivity index (χ1) is 11.8. The Labute approximate surface area is 141 Å². The van der Waals surface area contributed by atoms with E-state index in [9.17, 15) is 4.79 Å². The Hall–Kier alpha value is -2.62. The van der Waals surface area contributed by atoms with Crippen molar-refractivity contribution in [3.8, 4) is 11.1 Å². The molecule has 4 rings (SSSR count). The van der Waals surface area contributed by atoms with Crippen molar-refractivity contribution in [2.45, 2.75) is 38.1 Å². The molecule has 0 bridgehead atoms. The third-order valence-corrected chi connectivity index (χ3v) is 4.80. The lowest BCUT2D eigenvalue weighted by molar-refractivity contribution is 0.144. The smallest absolute Gasteiger partial charge is 0.317 e. The molecule has 2 aliphatic rings. The molecule has 1 fully saturated rings. The quantitative estimate of drug-likeness (QED) is 0.559. The van der Waals surface area contributed by atoms with Crippen molar-refractivity contribution in [2.75, 3.05) is 0 Å². The summed E-state index contributed by atoms with van der Waals surface area (Å²) in [6.07, 6.45) is 5.18. The van der Waals surface area contributed by atoms with Crippen LogP contribution in [0.3, 0.4) is 0 Å². The van der Waals surface area contributed by atoms with Crippen molar-refractivity contribution in [1.82, 2.24) is 5.32 Å². The highest BCUT2D eigenvalue weighted by Crippen LogP contribution is 2.36. The van der Waals surface area contributed by atoms with E-state index in [4.69, 9.17) is 4.84 Å². The number of fused-ring (bicyclic) bond motifs is 3. The summed E-state index contributed by atoms with van der Waals surface area (Å²) in [7, 11) is 0. The van der Waals surface area contributed by atoms with Crippen LogP contribution in [0, 0.1) is 0 Å². The van der Waals surface area contributed by atoms with Gasteiger partial charge in [-0.1, -0.05) is 72.9 Å². The second-order valence-corrected chi connectivity index (χ2v) is 6.39. The topological polar surface area (TPSA) is 50.7 Å². The number of carbonyl (C=O) groups is 1. The summed E-state index contributed by atoms with van der Waals surface area (Å²) in [5.41, 5.74) is 4.99. The molecule has 2 aliphatic carbocycles. The number of oxime groups is 1. The number of nitrogens with zero attached hydrogens (tertiary/aromatic N) is 1. The molecule has 0 saturated heterocycles. The number of hydrogen-bond acceptors (Lipinski definition) is 3. The second kappa shape index (κ2) is 6.48. The van der Waals surface area contributed by atoms with Crippen LogP contribution in [0.25, 0.3) is 11.1 Å². The summed E-state index contributed by atoms with van der Waals surface area (Å²) in [4.78, 5) is 17.2. The molecular weight excluding hydrogens is 300 g/mol. The van der Waals surface area contributed by atoms with Crippen LogP contribution in [0.1, 0.15) is 43.2 Å². The van der Waals surface area contributed by atoms with Crippen molar-refractivity contribution in [2.24, 2.45) is 5.16 Å². The van der Waals surface area contributed by atoms with Gasteiger partial charge in [0.05, 0.1) is 0 Å². The molecule has 0 radical (unpaired) electrons. The zero-order chi connectivity index (χ0) is 16.4. The van der Waals surface area contributed by atoms with Gasteiger partial charge in [-0.15, -0.1) is 0 Å². The molecule has 0 heterocycles. The van der Waals surface area contributed by atoms with E-state index >= 15 is 0 Å². The van der Waals surface area contributed by atoms with Gasteiger partial charge in [0.25, 0.3) is 0 Å². The third kappa shape index (κ3) is 2.80. The number of benzene rings is 2. The maximum atomic E-state index is 12.1. The van der Waals surface area contributed by atoms with Gasteiger partial charge in [0.2, 0.25) is 0 Å². The van der Waals surface area contributed by atoms with E-state index in [1.54, 1.807) is 0 Å². The molecule has 0 atom stereocenters. The fourth-order valence-electron chi connectivity index (χ4n) is 3.62. The maximum Gasteiger partial charge on any atom is 0.433 e. The summed E-state index contributed by atoms with van der Waals surface area (Å²) in [6.45, 7) is 0. The lowest BCUT2D eigenvalue weighted by Gasteiger charge is -2.21. The van der Waals surface area contributed by atoms with E-state index in [1.807, 2.05) is 36.4 Å². The zero-order valence-corrected chi connectivity index (χ0v) is 13.5. The Balaban J connectivity index is 1.55. The van der Waals surface area contributed by atoms with Crippen molar-refractivity contribution < 1.29 is 9.63 Å². The van der Waals surface area contributed by atoms with E-state index < -0.39 is 6.09 Å². The van der Waals surface area contributed by atoms with Crippen molar-refractivity contribution >= 4 is 11.8 Å². The molecule has 4 nitrogen and oxygen atoms in total. The minimum atomic E-state index is -0.462. The summed E-state index contributed by atoms with van der Waals surface area (Å²) < 4.78 is 0. The summed E-state index contributed by atoms with van der Waals surface area (Å²) >= 11 is 0. The van der Waals surface area contributed by atoms with Crippen molar-refractivity contribution in [1.29, 1.82) is 0 Å². The van der Waals surface area contributed by atoms with Crippen molar-refractivity contribution in [3.05, 3.63) is 59.7 Å². The first-order valence-electron chi connectivity index (χ1n) is 8.57. The fraction of sp³-hybridized carbons (Fsp3) is 0.300. The molecule has 0 spiro atoms. The lowest BCUT2D eigenvalue weighted by Crippen LogP contribution is -2.36. The highest BCUT2D eigenvalue weighted by molar-refractivity contribution is 6.24. The summed E-state index contributed by atoms with van der Waals surface area (Å²) in [6, 6.07) is 16.3. The van der Waals surface area contributed by atoms with E-state index in [2.05, 4.69) is 22.6 Å². The van der Waals surface area contributed by atoms with Gasteiger partial charge >= 0.3 is 6.09 Å². The van der Waals surface area contributed by atoms with Gasteiger partial charge in [0.15, 0.2) is 0 Å². The number of carbonyl (C=O) groups excluding carboxylic acids is 1. The van der Waals surface area contributed by atoms with Crippen LogP contribution in [0.5, 0.6) is 0 Å². The van der Waals surface area contributed by atoms with Crippen molar-refractivity contribution in [3.63, 3.8) is 0 Å². The Morgan fingerprint density at radius 3 is 2.00 bits per heavy atom. The van der Waals surface area contributed by atoms with Gasteiger partial charge in [-0.25, -0.2) is 4.79 Å². The normalized spacial score (nSPS) is 16.2. The number of nitrogens with one attached hydrogen (secondary N) is 1. The monoisotopic (exact) mass is 320 g/mol. The Bertz CT molecular complexity index is 744. The largest absolute Gasteiger partial charge is 0.433 e. The number of amides is 1. The summed E-state index contributed by atoms with van der Waals surface area (Å²) in [5, 5.41) is 7.10. The standard InChI is InChI=1S/C20H20N2O2/c23-20(21-14-8-2-1-3-9-14)24-22-19-17-12-6-4-10-15(17)16-11-5-7-13-18(16)19/h4-7,10-14H,1-3,8-9H2,(H,21,23). The van der Waals surface area contributed by atoms with Gasteiger partial charge in [0, 0.05) is 17.2 Å². The number of rotatable bonds is 2. The third-order valence-electron chi connectivity index (χ3n) is 4.80. The van der Waals surface area contributed by atoms with Gasteiger partial charge < -0.3 is 5.32 Å². The molecule has 2 aromatic carbocycles. The maximum absolute atomic E-state index is 12.1. The fourth-order valence-corrected chi connectivity index (χ4v) is 3.62. The highest BCUT2D eigenvalue weighted by Gasteiger charge is 2.25. The minimum absolute atomic E-state index is 0.217. The minimum Gasteiger partial charge on any atom is -0.317 e. The van der Waals surface area contributed by atoms with Gasteiger partial charge in [-0.3, -0.25) is 4.84 Å². The predicted molar refractivity (Wildman–Crippen MR) is 94.0 cm³/mol. The molecule has 1 saturated carbocycles. The molecule has 0 aromatic heterocycles.